The second-order valence-corrected chi connectivity index (χ2v) is 46.9. The number of thiol groups is 1. The number of nitrogen functional groups attached to an aromatic ring is 6. The zero-order valence-electron chi connectivity index (χ0n) is 66.6. The van der Waals surface area contributed by atoms with E-state index in [1.165, 1.54) is 43.4 Å². The smallest absolute Gasteiger partial charge is 0.382 e. The number of anilines is 6. The van der Waals surface area contributed by atoms with Crippen LogP contribution in [-0.4, -0.2) is 285 Å². The van der Waals surface area contributed by atoms with E-state index in [0.717, 1.165) is 40.8 Å². The van der Waals surface area contributed by atoms with Crippen molar-refractivity contribution >= 4 is 208 Å². The summed E-state index contributed by atoms with van der Waals surface area (Å²) in [7, 11) is 0. The van der Waals surface area contributed by atoms with Crippen molar-refractivity contribution in [1.82, 2.24) is 117 Å². The Hall–Kier alpha value is -7.94. The molecule has 9 aliphatic heterocycles. The van der Waals surface area contributed by atoms with Gasteiger partial charge in [-0.15, -0.1) is 0 Å². The Morgan fingerprint density at radius 3 is 1.10 bits per heavy atom. The summed E-state index contributed by atoms with van der Waals surface area (Å²) in [5.41, 5.74) is 33.4. The Labute approximate surface area is 770 Å². The fourth-order valence-corrected chi connectivity index (χ4v) is 24.3. The number of alkyl halides is 5. The van der Waals surface area contributed by atoms with Crippen LogP contribution in [0, 0.1) is 0 Å². The van der Waals surface area contributed by atoms with E-state index in [4.69, 9.17) is 176 Å². The monoisotopic (exact) mass is 2110 g/mol. The van der Waals surface area contributed by atoms with Gasteiger partial charge in [0.25, 0.3) is 16.7 Å². The molecule has 0 amide bonds. The summed E-state index contributed by atoms with van der Waals surface area (Å²) in [6.45, 7) is -29.5. The Balaban J connectivity index is 0.000000129. The lowest BCUT2D eigenvalue weighted by molar-refractivity contribution is -0.0599. The summed E-state index contributed by atoms with van der Waals surface area (Å²) in [5.74, 6) is -0.510. The van der Waals surface area contributed by atoms with Gasteiger partial charge in [-0.2, -0.15) is 20.1 Å². The van der Waals surface area contributed by atoms with Gasteiger partial charge in [0.15, 0.2) is 130 Å². The van der Waals surface area contributed by atoms with E-state index in [1.54, 1.807) is 0 Å². The lowest BCUT2D eigenvalue weighted by Gasteiger charge is -2.27. The third-order valence-corrected chi connectivity index (χ3v) is 31.1. The van der Waals surface area contributed by atoms with Crippen LogP contribution in [0.4, 0.5) is 57.3 Å². The van der Waals surface area contributed by atoms with Crippen LogP contribution >= 0.6 is 52.6 Å². The molecule has 0 aromatic carbocycles. The van der Waals surface area contributed by atoms with Gasteiger partial charge in [0.2, 0.25) is 17.8 Å². The number of hydrogen-bond donors (Lipinski definition) is 15. The Bertz CT molecular complexity index is 6840. The lowest BCUT2D eigenvalue weighted by Crippen LogP contribution is -2.34. The minimum Gasteiger partial charge on any atom is -0.382 e. The molecule has 21 heterocycles. The number of rotatable bonds is 6. The van der Waals surface area contributed by atoms with Crippen molar-refractivity contribution in [1.29, 1.82) is 0 Å². The molecule has 9 saturated heterocycles. The Morgan fingerprint density at radius 2 is 0.701 bits per heavy atom. The van der Waals surface area contributed by atoms with Crippen LogP contribution < -0.4 is 51.1 Å². The van der Waals surface area contributed by atoms with Crippen molar-refractivity contribution in [3.63, 3.8) is 0 Å². The number of fused-ring (bicyclic) bond motifs is 15. The van der Waals surface area contributed by atoms with Gasteiger partial charge in [0.05, 0.1) is 89.3 Å². The van der Waals surface area contributed by atoms with Gasteiger partial charge in [-0.05, 0) is 59.0 Å². The lowest BCUT2D eigenvalue weighted by atomic mass is 10.1. The summed E-state index contributed by atoms with van der Waals surface area (Å²) in [5, 5.41) is 4.17. The molecular formula is C60H67F5N30O27P6S6. The fraction of sp³-hybridized carbons (Fsp3) is 0.500. The highest BCUT2D eigenvalue weighted by molar-refractivity contribution is 8.44. The average Bonchev–Trinajstić information content (AvgIpc) is 1.61. The molecule has 29 atom stereocenters. The van der Waals surface area contributed by atoms with Crippen LogP contribution in [0.2, 0.25) is 0 Å². The number of H-pyrrole nitrogens is 3. The van der Waals surface area contributed by atoms with Crippen molar-refractivity contribution in [2.45, 2.75) is 148 Å². The molecule has 57 nitrogen and oxygen atoms in total. The zero-order chi connectivity index (χ0) is 94.6. The number of aromatic amines is 3. The molecule has 0 saturated carbocycles. The molecule has 6 bridgehead atoms. The molecule has 9 fully saturated rings. The summed E-state index contributed by atoms with van der Waals surface area (Å²) in [4.78, 5) is 155. The molecular weight excluding hydrogens is 2050 g/mol. The molecule has 720 valence electrons. The van der Waals surface area contributed by atoms with Crippen LogP contribution in [0.3, 0.4) is 0 Å². The minimum atomic E-state index is -4.35. The zero-order valence-corrected chi connectivity index (χ0v) is 76.9. The maximum atomic E-state index is 16.0. The second kappa shape index (κ2) is 36.4. The van der Waals surface area contributed by atoms with Crippen LogP contribution in [0.1, 0.15) is 49.4 Å². The SMILES string of the molecule is Nc1nc2c(ncn2[C@@H]2O[C@@H]3COP(O)(=S)O[C@H]4C[C@H](c5cnc6c(N)ncnn56)O[C@@H]4COP(=O)(S)O[C@@H]2[C@@H]3F)c(=O)[nH]1.Nc1nc2c(ncn2[C@@H]2O[C@@H]3COP(O)(=S)O[C@H]4[C@@H](F)[C@H](n5cnc6c(N)ncnc65)O[C@@H]4COP(O)(=S)O[C@@H]2[C@@H]3F)c(=O)[nH]1.Nc1nc2c(ncn2[C@@H]2O[C@@H]3COP(O)(=S)O[C@H]4[C@H](F)[C@H](n5cnc6c(N)ncnc65)O[C@@H]4COP(O)(=S)O[C@@H]2[C@@H]3F)c(=O)[nH]1. The van der Waals surface area contributed by atoms with Gasteiger partial charge >= 0.3 is 40.4 Å². The topological polar surface area (TPSA) is 761 Å². The number of hydrogen-bond acceptors (Lipinski definition) is 48. The van der Waals surface area contributed by atoms with Crippen molar-refractivity contribution in [2.24, 2.45) is 0 Å². The van der Waals surface area contributed by atoms with Crippen molar-refractivity contribution in [3.05, 3.63) is 93.6 Å². The summed E-state index contributed by atoms with van der Waals surface area (Å²) in [6, 6.07) is 0. The molecule has 6 unspecified atom stereocenters. The van der Waals surface area contributed by atoms with Gasteiger partial charge in [-0.25, -0.2) is 85.9 Å². The number of nitrogens with two attached hydrogens (primary N) is 6. The highest BCUT2D eigenvalue weighted by atomic mass is 32.7. The van der Waals surface area contributed by atoms with Crippen LogP contribution in [0.5, 0.6) is 0 Å². The van der Waals surface area contributed by atoms with Gasteiger partial charge in [0, 0.05) is 6.42 Å². The van der Waals surface area contributed by atoms with E-state index in [1.807, 2.05) is 0 Å². The van der Waals surface area contributed by atoms with Crippen molar-refractivity contribution in [3.8, 4) is 0 Å². The number of nitrogens with zero attached hydrogens (tertiary/aromatic N) is 21. The molecule has 0 radical (unpaired) electrons. The molecule has 74 heteroatoms. The highest BCUT2D eigenvalue weighted by Gasteiger charge is 2.59. The fourth-order valence-electron chi connectivity index (χ4n) is 15.7. The molecule has 21 rings (SSSR count). The number of ether oxygens (including phenoxy) is 6. The molecule has 0 spiro atoms. The first-order chi connectivity index (χ1) is 63.5. The molecule has 12 aromatic heterocycles. The third kappa shape index (κ3) is 18.6. The summed E-state index contributed by atoms with van der Waals surface area (Å²) in [6.07, 6.45) is -24.4. The second-order valence-electron chi connectivity index (χ2n) is 30.1. The first-order valence-corrected chi connectivity index (χ1v) is 54.2. The van der Waals surface area contributed by atoms with E-state index >= 15 is 22.0 Å². The highest BCUT2D eigenvalue weighted by Crippen LogP contribution is 2.61. The first kappa shape index (κ1) is 95.0. The van der Waals surface area contributed by atoms with E-state index in [2.05, 4.69) is 102 Å². The summed E-state index contributed by atoms with van der Waals surface area (Å²) < 4.78 is 202. The van der Waals surface area contributed by atoms with Crippen LogP contribution in [0.15, 0.2) is 71.2 Å². The largest absolute Gasteiger partial charge is 0.386 e. The number of nitrogens with one attached hydrogen (secondary N) is 3. The van der Waals surface area contributed by atoms with E-state index in [9.17, 15) is 43.4 Å². The number of aromatic nitrogens is 24. The Morgan fingerprint density at radius 1 is 0.366 bits per heavy atom. The molecule has 9 aliphatic rings. The molecule has 0 aliphatic carbocycles. The van der Waals surface area contributed by atoms with Gasteiger partial charge in [-0.1, -0.05) is 12.2 Å². The van der Waals surface area contributed by atoms with Crippen LogP contribution in [-0.2, 0) is 146 Å². The quantitative estimate of drug-likeness (QED) is 0.0603. The predicted octanol–water partition coefficient (Wildman–Crippen LogP) is 0.251. The van der Waals surface area contributed by atoms with Gasteiger partial charge < -0.3 is 114 Å². The van der Waals surface area contributed by atoms with E-state index < -0.39 is 238 Å². The third-order valence-electron chi connectivity index (χ3n) is 21.7. The standard InChI is InChI=1S/2C20H22F2N10O9P2S2.C20H23FN10O9P2S2/c2*21-8-6-1-36-42(34,44)40-12-7(39-18(9(12)22)31-4-27-10-14(23)25-3-26-15(10)31)2-37-43(35,45)41-13(8)19(38-6)32-5-28-11-16(32)29-20(24)30-17(11)33;21-12-11-4-36-41(33,43)39-9-1-8(7-2-24-17-15(22)25-5-27-31(7)17)37-10(9)3-35-42(34,44)40-14(12)19(38-11)30-6-26-13-16(30)28-20(23)29-18(13)32/h2*3-9,12-13,18-19H,1-2H2,(H,34,44)(H,35,45)(H2,23,25,26)(H3,24,29,30,33);2,5-6,8-12,14,19H,1,3-4H2,(H,33,43)(H,34,44)(H2,22,25,27)(H3,23,28,29,32)/t6-,7-,8-,9+,12-,13-,18-,19-,42?,43?;6-,7-,8-,9-,12-,13-,18-,19-,42?,43?;8-,9+,10-,11-,12-,14-,19-,41?,42?/m111/s1. The van der Waals surface area contributed by atoms with E-state index in [-0.39, 0.29) is 97.5 Å². The Kier molecular flexibility index (Phi) is 25.8. The first-order valence-electron chi connectivity index (χ1n) is 38.6. The maximum Gasteiger partial charge on any atom is 0.386 e. The van der Waals surface area contributed by atoms with Crippen molar-refractivity contribution in [2.75, 3.05) is 74.0 Å². The molecule has 12 aromatic rings. The van der Waals surface area contributed by atoms with Crippen molar-refractivity contribution < 1.29 is 134 Å². The van der Waals surface area contributed by atoms with Gasteiger partial charge in [0.1, 0.15) is 103 Å². The average molecular weight is 2110 g/mol. The molecule has 134 heavy (non-hydrogen) atoms. The minimum absolute atomic E-state index is 0.0442. The summed E-state index contributed by atoms with van der Waals surface area (Å²) >= 11 is 29.9. The number of imidazole rings is 6. The number of halogens is 5. The van der Waals surface area contributed by atoms with Gasteiger partial charge in [-0.3, -0.25) is 79.3 Å². The molecule has 20 N–H and O–H groups in total. The normalized spacial score (nSPS) is 37.3. The maximum absolute atomic E-state index is 16.0. The predicted molar refractivity (Wildman–Crippen MR) is 463 cm³/mol. The van der Waals surface area contributed by atoms with E-state index in [0.29, 0.717) is 11.3 Å². The van der Waals surface area contributed by atoms with Crippen LogP contribution in [0.25, 0.3) is 61.5 Å².